The van der Waals surface area contributed by atoms with Crippen LogP contribution in [0.4, 0.5) is 0 Å². The summed E-state index contributed by atoms with van der Waals surface area (Å²) in [5.41, 5.74) is 1.14. The Kier molecular flexibility index (Phi) is 3.94. The van der Waals surface area contributed by atoms with Crippen LogP contribution in [0.3, 0.4) is 0 Å². The normalized spacial score (nSPS) is 18.8. The van der Waals surface area contributed by atoms with E-state index in [0.717, 1.165) is 28.0 Å². The maximum absolute atomic E-state index is 5.82. The lowest BCUT2D eigenvalue weighted by Gasteiger charge is -2.29. The molecule has 1 aliphatic heterocycles. The van der Waals surface area contributed by atoms with E-state index in [2.05, 4.69) is 35.1 Å². The summed E-state index contributed by atoms with van der Waals surface area (Å²) in [4.78, 5) is 0. The highest BCUT2D eigenvalue weighted by molar-refractivity contribution is 9.10. The van der Waals surface area contributed by atoms with Crippen molar-refractivity contribution in [3.8, 4) is 11.5 Å². The number of methoxy groups -OCH3 is 1. The van der Waals surface area contributed by atoms with Crippen LogP contribution < -0.4 is 14.8 Å². The predicted molar refractivity (Wildman–Crippen MR) is 72.0 cm³/mol. The van der Waals surface area contributed by atoms with Crippen LogP contribution in [0.2, 0.25) is 0 Å². The largest absolute Gasteiger partial charge is 0.496 e. The van der Waals surface area contributed by atoms with E-state index in [1.807, 2.05) is 12.1 Å². The van der Waals surface area contributed by atoms with Gasteiger partial charge in [0.25, 0.3) is 0 Å². The number of benzene rings is 1. The second kappa shape index (κ2) is 5.27. The molecule has 0 bridgehead atoms. The number of fused-ring (bicyclic) bond motifs is 1. The zero-order valence-corrected chi connectivity index (χ0v) is 12.0. The Morgan fingerprint density at radius 2 is 2.24 bits per heavy atom. The summed E-state index contributed by atoms with van der Waals surface area (Å²) in [6, 6.07) is 4.76. The van der Waals surface area contributed by atoms with Crippen LogP contribution in [0, 0.1) is 0 Å². The molecule has 1 N–H and O–H groups in total. The minimum atomic E-state index is 0.352. The van der Waals surface area contributed by atoms with Crippen molar-refractivity contribution >= 4 is 15.9 Å². The van der Waals surface area contributed by atoms with Gasteiger partial charge in [-0.25, -0.2) is 0 Å². The van der Waals surface area contributed by atoms with Gasteiger partial charge in [-0.1, -0.05) is 13.8 Å². The van der Waals surface area contributed by atoms with E-state index in [1.54, 1.807) is 7.11 Å². The Labute approximate surface area is 111 Å². The zero-order chi connectivity index (χ0) is 12.4. The molecule has 1 heterocycles. The molecule has 0 amide bonds. The third-order valence-electron chi connectivity index (χ3n) is 2.84. The predicted octanol–water partition coefficient (Wildman–Crippen LogP) is 2.76. The van der Waals surface area contributed by atoms with Gasteiger partial charge in [-0.2, -0.15) is 0 Å². The molecule has 0 unspecified atom stereocenters. The standard InChI is InChI=1S/C13H18BrNO2/c1-8(2)15-9-6-10-12(16-3)5-4-11(14)13(10)17-7-9/h4-5,8-9,15H,6-7H2,1-3H3/t9-/m1/s1. The Hall–Kier alpha value is -0.740. The van der Waals surface area contributed by atoms with Crippen LogP contribution in [-0.2, 0) is 6.42 Å². The van der Waals surface area contributed by atoms with Gasteiger partial charge in [0.1, 0.15) is 18.1 Å². The van der Waals surface area contributed by atoms with Crippen molar-refractivity contribution in [2.24, 2.45) is 0 Å². The second-order valence-corrected chi connectivity index (χ2v) is 5.45. The summed E-state index contributed by atoms with van der Waals surface area (Å²) < 4.78 is 12.2. The first-order valence-corrected chi connectivity index (χ1v) is 6.65. The van der Waals surface area contributed by atoms with Crippen LogP contribution >= 0.6 is 15.9 Å². The molecular formula is C13H18BrNO2. The molecule has 4 heteroatoms. The summed E-state index contributed by atoms with van der Waals surface area (Å²) in [5.74, 6) is 1.82. The molecule has 0 saturated carbocycles. The van der Waals surface area contributed by atoms with Crippen molar-refractivity contribution in [3.63, 3.8) is 0 Å². The number of ether oxygens (including phenoxy) is 2. The second-order valence-electron chi connectivity index (χ2n) is 4.59. The highest BCUT2D eigenvalue weighted by Gasteiger charge is 2.25. The van der Waals surface area contributed by atoms with E-state index in [9.17, 15) is 0 Å². The Morgan fingerprint density at radius 3 is 2.88 bits per heavy atom. The molecule has 0 fully saturated rings. The molecule has 0 radical (unpaired) electrons. The molecule has 1 atom stereocenters. The van der Waals surface area contributed by atoms with E-state index in [1.165, 1.54) is 0 Å². The molecule has 0 spiro atoms. The van der Waals surface area contributed by atoms with E-state index in [0.29, 0.717) is 18.7 Å². The lowest BCUT2D eigenvalue weighted by atomic mass is 10.0. The van der Waals surface area contributed by atoms with E-state index in [4.69, 9.17) is 9.47 Å². The highest BCUT2D eigenvalue weighted by atomic mass is 79.9. The average Bonchev–Trinajstić information content (AvgIpc) is 2.29. The van der Waals surface area contributed by atoms with Crippen molar-refractivity contribution in [2.45, 2.75) is 32.4 Å². The molecule has 17 heavy (non-hydrogen) atoms. The van der Waals surface area contributed by atoms with Gasteiger partial charge in [-0.05, 0) is 34.5 Å². The lowest BCUT2D eigenvalue weighted by Crippen LogP contribution is -2.42. The summed E-state index contributed by atoms with van der Waals surface area (Å²) >= 11 is 3.52. The Balaban J connectivity index is 2.26. The third kappa shape index (κ3) is 2.75. The first kappa shape index (κ1) is 12.7. The lowest BCUT2D eigenvalue weighted by molar-refractivity contribution is 0.226. The minimum absolute atomic E-state index is 0.352. The monoisotopic (exact) mass is 299 g/mol. The van der Waals surface area contributed by atoms with Gasteiger partial charge < -0.3 is 14.8 Å². The summed E-state index contributed by atoms with van der Waals surface area (Å²) in [6.45, 7) is 5.00. The zero-order valence-electron chi connectivity index (χ0n) is 10.4. The van der Waals surface area contributed by atoms with Crippen molar-refractivity contribution in [3.05, 3.63) is 22.2 Å². The highest BCUT2D eigenvalue weighted by Crippen LogP contribution is 2.38. The quantitative estimate of drug-likeness (QED) is 0.931. The third-order valence-corrected chi connectivity index (χ3v) is 3.46. The number of hydrogen-bond acceptors (Lipinski definition) is 3. The van der Waals surface area contributed by atoms with Gasteiger partial charge in [0.15, 0.2) is 0 Å². The Morgan fingerprint density at radius 1 is 1.47 bits per heavy atom. The summed E-state index contributed by atoms with van der Waals surface area (Å²) in [5, 5.41) is 3.50. The molecule has 1 aromatic carbocycles. The minimum Gasteiger partial charge on any atom is -0.496 e. The van der Waals surface area contributed by atoms with Gasteiger partial charge in [-0.15, -0.1) is 0 Å². The van der Waals surface area contributed by atoms with E-state index >= 15 is 0 Å². The molecule has 0 aromatic heterocycles. The van der Waals surface area contributed by atoms with Gasteiger partial charge in [0.05, 0.1) is 11.6 Å². The molecule has 0 aliphatic carbocycles. The van der Waals surface area contributed by atoms with Gasteiger partial charge >= 0.3 is 0 Å². The van der Waals surface area contributed by atoms with Crippen LogP contribution in [0.15, 0.2) is 16.6 Å². The van der Waals surface area contributed by atoms with Crippen molar-refractivity contribution < 1.29 is 9.47 Å². The van der Waals surface area contributed by atoms with Gasteiger partial charge in [-0.3, -0.25) is 0 Å². The van der Waals surface area contributed by atoms with Crippen molar-refractivity contribution in [1.82, 2.24) is 5.32 Å². The Bertz CT molecular complexity index is 407. The summed E-state index contributed by atoms with van der Waals surface area (Å²) in [7, 11) is 1.70. The molecule has 1 aromatic rings. The van der Waals surface area contributed by atoms with Crippen LogP contribution in [0.5, 0.6) is 11.5 Å². The smallest absolute Gasteiger partial charge is 0.140 e. The van der Waals surface area contributed by atoms with Crippen molar-refractivity contribution in [1.29, 1.82) is 0 Å². The fourth-order valence-corrected chi connectivity index (χ4v) is 2.68. The number of hydrogen-bond donors (Lipinski definition) is 1. The molecular weight excluding hydrogens is 282 g/mol. The molecule has 94 valence electrons. The maximum atomic E-state index is 5.82. The fourth-order valence-electron chi connectivity index (χ4n) is 2.19. The maximum Gasteiger partial charge on any atom is 0.140 e. The number of nitrogens with one attached hydrogen (secondary N) is 1. The number of rotatable bonds is 3. The SMILES string of the molecule is COc1ccc(Br)c2c1C[C@@H](NC(C)C)CO2. The molecule has 3 nitrogen and oxygen atoms in total. The van der Waals surface area contributed by atoms with Crippen molar-refractivity contribution in [2.75, 3.05) is 13.7 Å². The van der Waals surface area contributed by atoms with Gasteiger partial charge in [0, 0.05) is 17.6 Å². The first-order valence-electron chi connectivity index (χ1n) is 5.86. The first-order chi connectivity index (χ1) is 8.11. The molecule has 1 aliphatic rings. The average molecular weight is 300 g/mol. The van der Waals surface area contributed by atoms with Gasteiger partial charge in [0.2, 0.25) is 0 Å². The topological polar surface area (TPSA) is 30.5 Å². The van der Waals surface area contributed by atoms with Crippen LogP contribution in [-0.4, -0.2) is 25.8 Å². The molecule has 0 saturated heterocycles. The molecule has 2 rings (SSSR count). The fraction of sp³-hybridized carbons (Fsp3) is 0.538. The van der Waals surface area contributed by atoms with E-state index < -0.39 is 0 Å². The van der Waals surface area contributed by atoms with Crippen LogP contribution in [0.1, 0.15) is 19.4 Å². The summed E-state index contributed by atoms with van der Waals surface area (Å²) in [6.07, 6.45) is 0.941. The number of halogens is 1. The van der Waals surface area contributed by atoms with E-state index in [-0.39, 0.29) is 0 Å². The van der Waals surface area contributed by atoms with Crippen LogP contribution in [0.25, 0.3) is 0 Å².